The van der Waals surface area contributed by atoms with Crippen molar-refractivity contribution in [3.05, 3.63) is 35.8 Å². The van der Waals surface area contributed by atoms with Gasteiger partial charge in [0.2, 0.25) is 0 Å². The summed E-state index contributed by atoms with van der Waals surface area (Å²) in [6.07, 6.45) is 4.83. The van der Waals surface area contributed by atoms with Crippen LogP contribution < -0.4 is 0 Å². The largest absolute Gasteiger partial charge is 0.448 e. The number of likely N-dealkylation sites (N-methyl/N-ethyl adjacent to an activating group) is 1. The predicted octanol–water partition coefficient (Wildman–Crippen LogP) is 2.87. The average Bonchev–Trinajstić information content (AvgIpc) is 3.13. The van der Waals surface area contributed by atoms with Gasteiger partial charge in [-0.25, -0.2) is 9.78 Å². The molecule has 1 saturated carbocycles. The van der Waals surface area contributed by atoms with Crippen molar-refractivity contribution in [2.45, 2.75) is 57.6 Å². The number of ether oxygens (including phenoxy) is 1. The molecule has 0 spiro atoms. The second-order valence-corrected chi connectivity index (χ2v) is 7.17. The van der Waals surface area contributed by atoms with Gasteiger partial charge in [0.1, 0.15) is 11.2 Å². The van der Waals surface area contributed by atoms with Crippen LogP contribution in [0.15, 0.2) is 24.4 Å². The summed E-state index contributed by atoms with van der Waals surface area (Å²) >= 11 is 0. The molecular formula is C20H24N4O3. The zero-order chi connectivity index (χ0) is 19.6. The van der Waals surface area contributed by atoms with Gasteiger partial charge in [0.05, 0.1) is 6.07 Å². The van der Waals surface area contributed by atoms with Crippen molar-refractivity contribution in [1.82, 2.24) is 14.3 Å². The third kappa shape index (κ3) is 3.52. The summed E-state index contributed by atoms with van der Waals surface area (Å²) in [6.45, 7) is 3.45. The van der Waals surface area contributed by atoms with Gasteiger partial charge in [0.25, 0.3) is 5.91 Å². The number of aromatic nitrogens is 2. The van der Waals surface area contributed by atoms with Crippen molar-refractivity contribution in [2.24, 2.45) is 0 Å². The summed E-state index contributed by atoms with van der Waals surface area (Å²) in [5, 5.41) is 9.64. The van der Waals surface area contributed by atoms with Crippen LogP contribution in [-0.2, 0) is 9.53 Å². The number of amides is 1. The minimum absolute atomic E-state index is 0.152. The van der Waals surface area contributed by atoms with E-state index in [2.05, 4.69) is 11.1 Å². The quantitative estimate of drug-likeness (QED) is 0.775. The van der Waals surface area contributed by atoms with Crippen LogP contribution in [0.1, 0.15) is 55.2 Å². The maximum absolute atomic E-state index is 12.8. The molecule has 0 saturated heterocycles. The molecule has 1 aliphatic rings. The second-order valence-electron chi connectivity index (χ2n) is 7.17. The van der Waals surface area contributed by atoms with Crippen LogP contribution in [0.4, 0.5) is 0 Å². The summed E-state index contributed by atoms with van der Waals surface area (Å²) in [6, 6.07) is 7.88. The fourth-order valence-corrected chi connectivity index (χ4v) is 3.66. The summed E-state index contributed by atoms with van der Waals surface area (Å²) in [7, 11) is 1.62. The summed E-state index contributed by atoms with van der Waals surface area (Å²) in [5.41, 5.74) is 0.926. The van der Waals surface area contributed by atoms with Gasteiger partial charge < -0.3 is 14.0 Å². The zero-order valence-corrected chi connectivity index (χ0v) is 15.9. The van der Waals surface area contributed by atoms with E-state index in [-0.39, 0.29) is 11.6 Å². The Morgan fingerprint density at radius 1 is 1.33 bits per heavy atom. The Labute approximate surface area is 158 Å². The molecule has 1 atom stereocenters. The molecule has 0 bridgehead atoms. The lowest BCUT2D eigenvalue weighted by molar-refractivity contribution is -0.143. The van der Waals surface area contributed by atoms with Gasteiger partial charge in [-0.05, 0) is 38.8 Å². The van der Waals surface area contributed by atoms with Gasteiger partial charge in [-0.1, -0.05) is 25.3 Å². The van der Waals surface area contributed by atoms with Gasteiger partial charge >= 0.3 is 5.97 Å². The lowest BCUT2D eigenvalue weighted by Crippen LogP contribution is -2.53. The molecule has 142 valence electrons. The number of aryl methyl sites for hydroxylation is 1. The molecule has 0 aromatic carbocycles. The van der Waals surface area contributed by atoms with Crippen molar-refractivity contribution >= 4 is 17.5 Å². The molecule has 3 rings (SSSR count). The Hall–Kier alpha value is -2.88. The van der Waals surface area contributed by atoms with E-state index in [9.17, 15) is 14.9 Å². The van der Waals surface area contributed by atoms with E-state index >= 15 is 0 Å². The van der Waals surface area contributed by atoms with E-state index in [0.29, 0.717) is 18.5 Å². The number of carbonyl (C=O) groups is 2. The highest BCUT2D eigenvalue weighted by Gasteiger charge is 2.40. The minimum atomic E-state index is -0.986. The molecule has 27 heavy (non-hydrogen) atoms. The lowest BCUT2D eigenvalue weighted by Gasteiger charge is -2.39. The van der Waals surface area contributed by atoms with E-state index in [1.165, 1.54) is 11.8 Å². The topological polar surface area (TPSA) is 87.7 Å². The van der Waals surface area contributed by atoms with Crippen LogP contribution in [0.2, 0.25) is 0 Å². The third-order valence-corrected chi connectivity index (χ3v) is 5.40. The Bertz CT molecular complexity index is 906. The average molecular weight is 368 g/mol. The third-order valence-electron chi connectivity index (χ3n) is 5.40. The number of hydrogen-bond acceptors (Lipinski definition) is 5. The van der Waals surface area contributed by atoms with Crippen LogP contribution >= 0.6 is 0 Å². The number of fused-ring (bicyclic) bond motifs is 1. The number of nitrogens with zero attached hydrogens (tertiary/aromatic N) is 4. The first kappa shape index (κ1) is 18.9. The lowest BCUT2D eigenvalue weighted by atomic mass is 9.81. The number of esters is 1. The van der Waals surface area contributed by atoms with E-state index < -0.39 is 17.6 Å². The normalized spacial score (nSPS) is 17.1. The van der Waals surface area contributed by atoms with Gasteiger partial charge in [0, 0.05) is 18.9 Å². The maximum Gasteiger partial charge on any atom is 0.359 e. The van der Waals surface area contributed by atoms with Crippen molar-refractivity contribution < 1.29 is 14.3 Å². The number of carbonyl (C=O) groups excluding carboxylic acids is 2. The fourth-order valence-electron chi connectivity index (χ4n) is 3.66. The molecule has 7 heteroatoms. The fraction of sp³-hybridized carbons (Fsp3) is 0.500. The predicted molar refractivity (Wildman–Crippen MR) is 99.0 cm³/mol. The zero-order valence-electron chi connectivity index (χ0n) is 15.9. The van der Waals surface area contributed by atoms with Crippen LogP contribution in [-0.4, -0.2) is 44.9 Å². The van der Waals surface area contributed by atoms with E-state index in [0.717, 1.165) is 25.0 Å². The molecule has 0 radical (unpaired) electrons. The van der Waals surface area contributed by atoms with Crippen molar-refractivity contribution in [2.75, 3.05) is 7.05 Å². The molecule has 2 aromatic heterocycles. The van der Waals surface area contributed by atoms with Crippen molar-refractivity contribution in [3.8, 4) is 6.07 Å². The number of rotatable bonds is 4. The summed E-state index contributed by atoms with van der Waals surface area (Å²) < 4.78 is 7.15. The smallest absolute Gasteiger partial charge is 0.359 e. The first-order chi connectivity index (χ1) is 12.9. The van der Waals surface area contributed by atoms with E-state index in [4.69, 9.17) is 4.74 Å². The van der Waals surface area contributed by atoms with E-state index in [1.54, 1.807) is 23.7 Å². The first-order valence-corrected chi connectivity index (χ1v) is 9.22. The van der Waals surface area contributed by atoms with Crippen LogP contribution in [0.3, 0.4) is 0 Å². The monoisotopic (exact) mass is 368 g/mol. The molecule has 0 unspecified atom stereocenters. The summed E-state index contributed by atoms with van der Waals surface area (Å²) in [4.78, 5) is 30.9. The molecule has 1 aliphatic carbocycles. The Balaban J connectivity index is 1.72. The minimum Gasteiger partial charge on any atom is -0.448 e. The number of pyridine rings is 1. The number of nitriles is 1. The molecule has 1 fully saturated rings. The molecule has 0 aliphatic heterocycles. The van der Waals surface area contributed by atoms with Gasteiger partial charge in [-0.3, -0.25) is 4.79 Å². The van der Waals surface area contributed by atoms with Crippen molar-refractivity contribution in [3.63, 3.8) is 0 Å². The Kier molecular flexibility index (Phi) is 5.17. The standard InChI is InChI=1S/C20H24N4O3/c1-14-8-7-9-17-22-16(12-24(14)17)19(26)27-15(2)18(25)23(3)20(13-21)10-5-4-6-11-20/h7-9,12,15H,4-6,10-11H2,1-3H3/t15-/m0/s1. The van der Waals surface area contributed by atoms with Crippen LogP contribution in [0.25, 0.3) is 5.65 Å². The van der Waals surface area contributed by atoms with Crippen molar-refractivity contribution in [1.29, 1.82) is 5.26 Å². The molecule has 1 amide bonds. The maximum atomic E-state index is 12.8. The highest BCUT2D eigenvalue weighted by molar-refractivity contribution is 5.91. The molecule has 2 heterocycles. The Morgan fingerprint density at radius 3 is 2.67 bits per heavy atom. The van der Waals surface area contributed by atoms with E-state index in [1.807, 2.05) is 19.1 Å². The van der Waals surface area contributed by atoms with Gasteiger partial charge in [-0.15, -0.1) is 0 Å². The van der Waals surface area contributed by atoms with Crippen LogP contribution in [0, 0.1) is 18.3 Å². The molecule has 0 N–H and O–H groups in total. The van der Waals surface area contributed by atoms with Gasteiger partial charge in [-0.2, -0.15) is 5.26 Å². The molecule has 7 nitrogen and oxygen atoms in total. The number of hydrogen-bond donors (Lipinski definition) is 0. The van der Waals surface area contributed by atoms with Crippen LogP contribution in [0.5, 0.6) is 0 Å². The second kappa shape index (κ2) is 7.39. The molecular weight excluding hydrogens is 344 g/mol. The highest BCUT2D eigenvalue weighted by atomic mass is 16.5. The Morgan fingerprint density at radius 2 is 2.04 bits per heavy atom. The summed E-state index contributed by atoms with van der Waals surface area (Å²) in [5.74, 6) is -1.02. The van der Waals surface area contributed by atoms with Gasteiger partial charge in [0.15, 0.2) is 11.8 Å². The first-order valence-electron chi connectivity index (χ1n) is 9.22. The highest BCUT2D eigenvalue weighted by Crippen LogP contribution is 2.33. The molecule has 2 aromatic rings. The SMILES string of the molecule is Cc1cccc2nc(C(=O)O[C@@H](C)C(=O)N(C)C3(C#N)CCCCC3)cn12. The number of imidazole rings is 1.